The number of anilines is 2. The molecule has 0 spiro atoms. The SMILES string of the molecule is Cc1ncsc1-c1ccc(CNC(=O)[C@@H]2C[C@@H](O)CN2C(=O)C(NC(=O)COCCOCC#CCOc2ccc(N3C(=O)N(c4ccc(C#N)c(C(F)(F)F)c4)C(=O)C3(C)C)cc2)C(C)(C)C)cc1. The molecule has 6 amide bonds. The van der Waals surface area contributed by atoms with E-state index in [0.717, 1.165) is 38.7 Å². The van der Waals surface area contributed by atoms with Gasteiger partial charge in [0.1, 0.15) is 43.2 Å². The van der Waals surface area contributed by atoms with Gasteiger partial charge in [0.15, 0.2) is 0 Å². The summed E-state index contributed by atoms with van der Waals surface area (Å²) in [6.07, 6.45) is -5.74. The lowest BCUT2D eigenvalue weighted by atomic mass is 9.85. The minimum atomic E-state index is -4.88. The van der Waals surface area contributed by atoms with Crippen molar-refractivity contribution in [3.63, 3.8) is 0 Å². The molecule has 16 nitrogen and oxygen atoms in total. The molecule has 3 atom stereocenters. The summed E-state index contributed by atoms with van der Waals surface area (Å²) in [5, 5.41) is 25.3. The number of likely N-dealkylation sites (tertiary alicyclic amines) is 1. The van der Waals surface area contributed by atoms with Gasteiger partial charge in [-0.2, -0.15) is 18.4 Å². The molecule has 20 heteroatoms. The number of amides is 6. The van der Waals surface area contributed by atoms with Crippen LogP contribution in [0, 0.1) is 35.5 Å². The molecule has 3 N–H and O–H groups in total. The van der Waals surface area contributed by atoms with Gasteiger partial charge in [0, 0.05) is 25.2 Å². The van der Waals surface area contributed by atoms with Gasteiger partial charge in [0.05, 0.1) is 58.3 Å². The zero-order chi connectivity index (χ0) is 50.3. The molecule has 1 unspecified atom stereocenters. The number of alkyl halides is 3. The molecule has 2 saturated heterocycles. The Labute approximate surface area is 401 Å². The molecule has 0 aliphatic carbocycles. The van der Waals surface area contributed by atoms with Crippen molar-refractivity contribution in [1.82, 2.24) is 20.5 Å². The smallest absolute Gasteiger partial charge is 0.417 e. The normalized spacial score (nSPS) is 17.3. The fourth-order valence-electron chi connectivity index (χ4n) is 7.76. The van der Waals surface area contributed by atoms with Gasteiger partial charge in [-0.15, -0.1) is 11.3 Å². The summed E-state index contributed by atoms with van der Waals surface area (Å²) in [5.74, 6) is 3.75. The molecule has 0 saturated carbocycles. The highest BCUT2D eigenvalue weighted by Crippen LogP contribution is 2.40. The lowest BCUT2D eigenvalue weighted by Gasteiger charge is -2.35. The molecular formula is C49H52F3N7O9S. The molecule has 3 heterocycles. The molecule has 2 aliphatic heterocycles. The van der Waals surface area contributed by atoms with Crippen LogP contribution in [0.5, 0.6) is 5.75 Å². The van der Waals surface area contributed by atoms with Crippen molar-refractivity contribution in [2.24, 2.45) is 5.41 Å². The fraction of sp³-hybridized carbons (Fsp3) is 0.408. The third-order valence-corrected chi connectivity index (χ3v) is 12.4. The Morgan fingerprint density at radius 2 is 1.64 bits per heavy atom. The largest absolute Gasteiger partial charge is 0.481 e. The Bertz CT molecular complexity index is 2650. The van der Waals surface area contributed by atoms with Crippen LogP contribution in [0.4, 0.5) is 29.3 Å². The topological polar surface area (TPSA) is 204 Å². The van der Waals surface area contributed by atoms with Gasteiger partial charge >= 0.3 is 12.2 Å². The molecule has 69 heavy (non-hydrogen) atoms. The molecule has 3 aromatic carbocycles. The Balaban J connectivity index is 0.907. The minimum absolute atomic E-state index is 0.0226. The number of nitriles is 1. The first-order chi connectivity index (χ1) is 32.6. The molecule has 0 bridgehead atoms. The van der Waals surface area contributed by atoms with Crippen molar-refractivity contribution in [2.45, 2.75) is 84.4 Å². The number of β-amino-alcohol motifs (C(OH)–C–C–N with tert-alkyl or cyclic N) is 1. The van der Waals surface area contributed by atoms with Crippen molar-refractivity contribution < 1.29 is 56.5 Å². The Hall–Kier alpha value is -6.84. The van der Waals surface area contributed by atoms with Crippen LogP contribution >= 0.6 is 11.3 Å². The zero-order valence-corrected chi connectivity index (χ0v) is 39.6. The number of aromatic nitrogens is 1. The van der Waals surface area contributed by atoms with E-state index in [1.54, 1.807) is 49.8 Å². The highest BCUT2D eigenvalue weighted by molar-refractivity contribution is 7.13. The number of nitrogens with one attached hydrogen (secondary N) is 2. The number of rotatable bonds is 16. The quantitative estimate of drug-likeness (QED) is 0.0677. The van der Waals surface area contributed by atoms with Gasteiger partial charge in [-0.1, -0.05) is 56.9 Å². The number of urea groups is 1. The second-order valence-electron chi connectivity index (χ2n) is 17.8. The maximum absolute atomic E-state index is 13.9. The third kappa shape index (κ3) is 12.3. The molecule has 2 aliphatic rings. The monoisotopic (exact) mass is 971 g/mol. The third-order valence-electron chi connectivity index (χ3n) is 11.4. The van der Waals surface area contributed by atoms with Crippen LogP contribution in [0.1, 0.15) is 63.4 Å². The van der Waals surface area contributed by atoms with Gasteiger partial charge in [-0.3, -0.25) is 24.1 Å². The summed E-state index contributed by atoms with van der Waals surface area (Å²) in [7, 11) is 0. The van der Waals surface area contributed by atoms with Crippen LogP contribution in [-0.4, -0.2) is 108 Å². The number of nitrogens with zero attached hydrogens (tertiary/aromatic N) is 5. The summed E-state index contributed by atoms with van der Waals surface area (Å²) in [6.45, 7) is 10.2. The van der Waals surface area contributed by atoms with E-state index in [0.29, 0.717) is 16.7 Å². The number of aliphatic hydroxyl groups is 1. The van der Waals surface area contributed by atoms with E-state index in [9.17, 15) is 42.3 Å². The summed E-state index contributed by atoms with van der Waals surface area (Å²) in [5.41, 5.74) is 0.468. The van der Waals surface area contributed by atoms with E-state index in [1.165, 1.54) is 36.9 Å². The maximum Gasteiger partial charge on any atom is 0.417 e. The lowest BCUT2D eigenvalue weighted by Crippen LogP contribution is -2.58. The van der Waals surface area contributed by atoms with E-state index in [1.807, 2.05) is 31.2 Å². The van der Waals surface area contributed by atoms with Crippen molar-refractivity contribution in [3.8, 4) is 34.1 Å². The first-order valence-corrected chi connectivity index (χ1v) is 22.7. The van der Waals surface area contributed by atoms with E-state index in [2.05, 4.69) is 27.5 Å². The molecule has 4 aromatic rings. The van der Waals surface area contributed by atoms with Gasteiger partial charge in [0.2, 0.25) is 17.7 Å². The number of aliphatic hydroxyl groups excluding tert-OH is 1. The Morgan fingerprint density at radius 1 is 0.971 bits per heavy atom. The Kier molecular flexibility index (Phi) is 16.2. The number of thiazole rings is 1. The standard InChI is InChI=1S/C49H52F3N7O9S/c1-30-41(69-29-55-30)32-11-9-31(10-12-32)26-54-43(62)39-24-36(60)27-57(39)44(63)42(47(2,3)4)56-40(61)28-67-22-21-66-19-7-8-20-68-37-17-15-34(16-18-37)59-46(65)58(45(64)48(59,5)6)35-14-13-33(25-53)38(23-35)49(50,51)52/h9-18,23,29,36,39,42,60H,19-22,24,26-28H2,1-6H3,(H,54,62)(H,56,61)/t36-,39+,42?/m1/s1. The van der Waals surface area contributed by atoms with Crippen molar-refractivity contribution >= 4 is 52.4 Å². The van der Waals surface area contributed by atoms with Gasteiger partial charge in [-0.25, -0.2) is 14.7 Å². The summed E-state index contributed by atoms with van der Waals surface area (Å²) < 4.78 is 57.5. The average molecular weight is 972 g/mol. The fourth-order valence-corrected chi connectivity index (χ4v) is 8.57. The number of hydrogen-bond donors (Lipinski definition) is 3. The number of hydrogen-bond acceptors (Lipinski definition) is 12. The van der Waals surface area contributed by atoms with E-state index in [-0.39, 0.29) is 63.9 Å². The van der Waals surface area contributed by atoms with Crippen molar-refractivity contribution in [3.05, 3.63) is 94.6 Å². The zero-order valence-electron chi connectivity index (χ0n) is 38.8. The molecule has 2 fully saturated rings. The number of aryl methyl sites for hydroxylation is 1. The lowest BCUT2D eigenvalue weighted by molar-refractivity contribution is -0.144. The number of carbonyl (C=O) groups excluding carboxylic acids is 5. The summed E-state index contributed by atoms with van der Waals surface area (Å²) in [6, 6.07) is 15.2. The maximum atomic E-state index is 13.9. The van der Waals surface area contributed by atoms with Crippen LogP contribution in [0.15, 0.2) is 72.2 Å². The number of ether oxygens (including phenoxy) is 3. The van der Waals surface area contributed by atoms with Crippen LogP contribution in [0.3, 0.4) is 0 Å². The van der Waals surface area contributed by atoms with E-state index >= 15 is 0 Å². The number of carbonyl (C=O) groups is 5. The molecule has 6 rings (SSSR count). The molecule has 364 valence electrons. The highest BCUT2D eigenvalue weighted by Gasteiger charge is 2.53. The van der Waals surface area contributed by atoms with Crippen LogP contribution in [0.25, 0.3) is 10.4 Å². The summed E-state index contributed by atoms with van der Waals surface area (Å²) >= 11 is 1.55. The van der Waals surface area contributed by atoms with E-state index < -0.39 is 76.1 Å². The van der Waals surface area contributed by atoms with Gasteiger partial charge in [-0.05, 0) is 79.8 Å². The first-order valence-electron chi connectivity index (χ1n) is 21.8. The molecule has 1 aromatic heterocycles. The van der Waals surface area contributed by atoms with Crippen molar-refractivity contribution in [2.75, 3.05) is 49.4 Å². The number of halogens is 3. The molecular weight excluding hydrogens is 920 g/mol. The van der Waals surface area contributed by atoms with Crippen molar-refractivity contribution in [1.29, 1.82) is 5.26 Å². The average Bonchev–Trinajstić information content (AvgIpc) is 3.97. The van der Waals surface area contributed by atoms with Crippen LogP contribution in [0.2, 0.25) is 0 Å². The predicted octanol–water partition coefficient (Wildman–Crippen LogP) is 5.99. The number of imide groups is 1. The first kappa shape index (κ1) is 51.5. The Morgan fingerprint density at radius 3 is 2.28 bits per heavy atom. The second kappa shape index (κ2) is 21.6. The van der Waals surface area contributed by atoms with Gasteiger partial charge in [0.25, 0.3) is 5.91 Å². The van der Waals surface area contributed by atoms with Crippen LogP contribution < -0.4 is 25.2 Å². The predicted molar refractivity (Wildman–Crippen MR) is 249 cm³/mol. The van der Waals surface area contributed by atoms with E-state index in [4.69, 9.17) is 19.5 Å². The minimum Gasteiger partial charge on any atom is -0.481 e. The molecule has 0 radical (unpaired) electrons. The number of benzene rings is 3. The van der Waals surface area contributed by atoms with Gasteiger partial charge < -0.3 is 34.9 Å². The second-order valence-corrected chi connectivity index (χ2v) is 18.7. The summed E-state index contributed by atoms with van der Waals surface area (Å²) in [4.78, 5) is 75.7. The highest BCUT2D eigenvalue weighted by atomic mass is 32.1. The van der Waals surface area contributed by atoms with Crippen LogP contribution in [-0.2, 0) is 41.4 Å².